The van der Waals surface area contributed by atoms with Gasteiger partial charge in [-0.1, -0.05) is 24.6 Å². The molecular weight excluding hydrogens is 248 g/mol. The summed E-state index contributed by atoms with van der Waals surface area (Å²) in [6.07, 6.45) is 4.80. The smallest absolute Gasteiger partial charge is 0.224 e. The molecule has 1 aliphatic heterocycles. The summed E-state index contributed by atoms with van der Waals surface area (Å²) in [5.41, 5.74) is 4.02. The average Bonchev–Trinajstić information content (AvgIpc) is 2.68. The lowest BCUT2D eigenvalue weighted by Crippen LogP contribution is -2.10. The fraction of sp³-hybridized carbons (Fsp3) is 0.500. The van der Waals surface area contributed by atoms with Gasteiger partial charge in [0.05, 0.1) is 0 Å². The molecule has 1 aliphatic rings. The number of aromatic nitrogens is 3. The second-order valence-electron chi connectivity index (χ2n) is 5.61. The van der Waals surface area contributed by atoms with Crippen LogP contribution in [0.5, 0.6) is 0 Å². The van der Waals surface area contributed by atoms with Crippen molar-refractivity contribution in [3.63, 3.8) is 0 Å². The third kappa shape index (κ3) is 2.55. The second-order valence-corrected chi connectivity index (χ2v) is 5.61. The molecule has 0 radical (unpaired) electrons. The van der Waals surface area contributed by atoms with Crippen LogP contribution in [0.1, 0.15) is 41.8 Å². The number of hydrogen-bond acceptors (Lipinski definition) is 3. The predicted molar refractivity (Wildman–Crippen MR) is 80.8 cm³/mol. The summed E-state index contributed by atoms with van der Waals surface area (Å²) in [4.78, 5) is 0. The van der Waals surface area contributed by atoms with Crippen molar-refractivity contribution in [2.45, 2.75) is 52.6 Å². The van der Waals surface area contributed by atoms with Gasteiger partial charge in [-0.15, -0.1) is 10.2 Å². The minimum absolute atomic E-state index is 0.811. The van der Waals surface area contributed by atoms with Crippen molar-refractivity contribution < 1.29 is 0 Å². The van der Waals surface area contributed by atoms with E-state index in [-0.39, 0.29) is 0 Å². The van der Waals surface area contributed by atoms with E-state index in [2.05, 4.69) is 52.1 Å². The van der Waals surface area contributed by atoms with Gasteiger partial charge in [-0.05, 0) is 43.4 Å². The van der Waals surface area contributed by atoms with Gasteiger partial charge in [-0.3, -0.25) is 4.57 Å². The zero-order chi connectivity index (χ0) is 13.9. The predicted octanol–water partition coefficient (Wildman–Crippen LogP) is 3.23. The normalized spacial score (nSPS) is 14.7. The Labute approximate surface area is 120 Å². The highest BCUT2D eigenvalue weighted by Gasteiger charge is 2.14. The first-order valence-corrected chi connectivity index (χ1v) is 7.47. The summed E-state index contributed by atoms with van der Waals surface area (Å²) in [6.45, 7) is 6.18. The fourth-order valence-corrected chi connectivity index (χ4v) is 2.79. The maximum absolute atomic E-state index is 4.32. The molecule has 0 saturated carbocycles. The third-order valence-corrected chi connectivity index (χ3v) is 4.26. The van der Waals surface area contributed by atoms with E-state index >= 15 is 0 Å². The van der Waals surface area contributed by atoms with Crippen LogP contribution in [-0.4, -0.2) is 14.8 Å². The van der Waals surface area contributed by atoms with Crippen molar-refractivity contribution in [1.29, 1.82) is 0 Å². The van der Waals surface area contributed by atoms with E-state index in [1.54, 1.807) is 0 Å². The van der Waals surface area contributed by atoms with E-state index in [4.69, 9.17) is 0 Å². The summed E-state index contributed by atoms with van der Waals surface area (Å²) in [5, 5.41) is 12.1. The molecule has 0 unspecified atom stereocenters. The Morgan fingerprint density at radius 1 is 1.15 bits per heavy atom. The van der Waals surface area contributed by atoms with Gasteiger partial charge in [0.1, 0.15) is 5.82 Å². The Hall–Kier alpha value is -1.84. The fourth-order valence-electron chi connectivity index (χ4n) is 2.79. The first-order valence-electron chi connectivity index (χ1n) is 7.47. The Morgan fingerprint density at radius 3 is 2.95 bits per heavy atom. The number of aryl methyl sites for hydroxylation is 2. The van der Waals surface area contributed by atoms with E-state index < -0.39 is 0 Å². The first kappa shape index (κ1) is 13.2. The maximum atomic E-state index is 4.32. The van der Waals surface area contributed by atoms with Crippen LogP contribution in [0, 0.1) is 13.8 Å². The van der Waals surface area contributed by atoms with Crippen LogP contribution in [0.3, 0.4) is 0 Å². The van der Waals surface area contributed by atoms with Crippen molar-refractivity contribution in [2.24, 2.45) is 0 Å². The number of anilines is 1. The van der Waals surface area contributed by atoms with Gasteiger partial charge < -0.3 is 5.32 Å². The van der Waals surface area contributed by atoms with Gasteiger partial charge in [0, 0.05) is 19.5 Å². The zero-order valence-electron chi connectivity index (χ0n) is 12.3. The molecule has 1 aromatic carbocycles. The lowest BCUT2D eigenvalue weighted by molar-refractivity contribution is 0.635. The van der Waals surface area contributed by atoms with Crippen LogP contribution >= 0.6 is 0 Å². The Morgan fingerprint density at radius 2 is 2.05 bits per heavy atom. The minimum Gasteiger partial charge on any atom is -0.350 e. The van der Waals surface area contributed by atoms with Crippen LogP contribution in [0.2, 0.25) is 0 Å². The van der Waals surface area contributed by atoms with E-state index in [0.717, 1.165) is 31.3 Å². The van der Waals surface area contributed by atoms with Crippen molar-refractivity contribution in [3.8, 4) is 0 Å². The van der Waals surface area contributed by atoms with Gasteiger partial charge in [0.2, 0.25) is 5.95 Å². The molecular formula is C16H22N4. The highest BCUT2D eigenvalue weighted by Crippen LogP contribution is 2.19. The molecule has 0 atom stereocenters. The van der Waals surface area contributed by atoms with Crippen LogP contribution in [0.25, 0.3) is 0 Å². The molecule has 0 aliphatic carbocycles. The number of nitrogens with zero attached hydrogens (tertiary/aromatic N) is 3. The molecule has 4 nitrogen and oxygen atoms in total. The molecule has 0 fully saturated rings. The number of hydrogen-bond donors (Lipinski definition) is 1. The van der Waals surface area contributed by atoms with E-state index in [1.807, 2.05) is 0 Å². The summed E-state index contributed by atoms with van der Waals surface area (Å²) in [6, 6.07) is 6.45. The SMILES string of the molecule is Cc1cccc(CNc2nnc3n2CCCCC3)c1C. The Bertz CT molecular complexity index is 601. The molecule has 4 heteroatoms. The standard InChI is InChI=1S/C16H22N4/c1-12-7-6-8-14(13(12)2)11-17-16-19-18-15-9-4-3-5-10-20(15)16/h6-8H,3-5,9-11H2,1-2H3,(H,17,19). The summed E-state index contributed by atoms with van der Waals surface area (Å²) in [5.74, 6) is 2.05. The molecule has 1 aromatic heterocycles. The van der Waals surface area contributed by atoms with Crippen LogP contribution in [0.4, 0.5) is 5.95 Å². The third-order valence-electron chi connectivity index (χ3n) is 4.26. The van der Waals surface area contributed by atoms with E-state index in [9.17, 15) is 0 Å². The van der Waals surface area contributed by atoms with E-state index in [0.29, 0.717) is 0 Å². The van der Waals surface area contributed by atoms with Gasteiger partial charge in [0.15, 0.2) is 0 Å². The quantitative estimate of drug-likeness (QED) is 0.931. The van der Waals surface area contributed by atoms with Crippen molar-refractivity contribution in [2.75, 3.05) is 5.32 Å². The van der Waals surface area contributed by atoms with Crippen LogP contribution in [0.15, 0.2) is 18.2 Å². The first-order chi connectivity index (χ1) is 9.75. The largest absolute Gasteiger partial charge is 0.350 e. The van der Waals surface area contributed by atoms with Crippen LogP contribution in [-0.2, 0) is 19.5 Å². The Balaban J connectivity index is 1.76. The Kier molecular flexibility index (Phi) is 3.72. The highest BCUT2D eigenvalue weighted by atomic mass is 15.3. The maximum Gasteiger partial charge on any atom is 0.224 e. The van der Waals surface area contributed by atoms with Gasteiger partial charge in [-0.2, -0.15) is 0 Å². The number of nitrogens with one attached hydrogen (secondary N) is 1. The van der Waals surface area contributed by atoms with Gasteiger partial charge >= 0.3 is 0 Å². The van der Waals surface area contributed by atoms with Crippen molar-refractivity contribution in [3.05, 3.63) is 40.7 Å². The van der Waals surface area contributed by atoms with Crippen molar-refractivity contribution in [1.82, 2.24) is 14.8 Å². The lowest BCUT2D eigenvalue weighted by Gasteiger charge is -2.11. The molecule has 3 rings (SSSR count). The summed E-state index contributed by atoms with van der Waals surface area (Å²) in [7, 11) is 0. The molecule has 20 heavy (non-hydrogen) atoms. The van der Waals surface area contributed by atoms with Crippen molar-refractivity contribution >= 4 is 5.95 Å². The van der Waals surface area contributed by atoms with Gasteiger partial charge in [0.25, 0.3) is 0 Å². The topological polar surface area (TPSA) is 42.7 Å². The molecule has 1 N–H and O–H groups in total. The molecule has 0 saturated heterocycles. The minimum atomic E-state index is 0.811. The average molecular weight is 270 g/mol. The second kappa shape index (κ2) is 5.65. The monoisotopic (exact) mass is 270 g/mol. The number of rotatable bonds is 3. The number of fused-ring (bicyclic) bond motifs is 1. The highest BCUT2D eigenvalue weighted by molar-refractivity contribution is 5.36. The molecule has 0 spiro atoms. The molecule has 106 valence electrons. The summed E-state index contributed by atoms with van der Waals surface area (Å²) >= 11 is 0. The molecule has 0 bridgehead atoms. The molecule has 2 heterocycles. The molecule has 2 aromatic rings. The summed E-state index contributed by atoms with van der Waals surface area (Å²) < 4.78 is 2.25. The lowest BCUT2D eigenvalue weighted by atomic mass is 10.0. The van der Waals surface area contributed by atoms with Crippen LogP contribution < -0.4 is 5.32 Å². The number of benzene rings is 1. The molecule has 0 amide bonds. The zero-order valence-corrected chi connectivity index (χ0v) is 12.3. The van der Waals surface area contributed by atoms with Gasteiger partial charge in [-0.25, -0.2) is 0 Å². The van der Waals surface area contributed by atoms with E-state index in [1.165, 1.54) is 36.0 Å².